The van der Waals surface area contributed by atoms with Crippen molar-refractivity contribution in [3.63, 3.8) is 0 Å². The fraction of sp³-hybridized carbons (Fsp3) is 0.893. The van der Waals surface area contributed by atoms with E-state index in [0.717, 1.165) is 25.7 Å². The van der Waals surface area contributed by atoms with E-state index in [0.29, 0.717) is 24.5 Å². The Bertz CT molecular complexity index is 767. The molecule has 0 aromatic rings. The Labute approximate surface area is 221 Å². The number of carbonyl (C=O) groups is 3. The van der Waals surface area contributed by atoms with E-state index in [1.807, 2.05) is 6.92 Å². The van der Waals surface area contributed by atoms with Crippen LogP contribution in [0.4, 0.5) is 0 Å². The predicted octanol–water partition coefficient (Wildman–Crippen LogP) is 3.40. The van der Waals surface area contributed by atoms with Crippen LogP contribution in [0.25, 0.3) is 0 Å². The highest BCUT2D eigenvalue weighted by Crippen LogP contribution is 2.44. The molecular weight excluding hydrogens is 478 g/mol. The first kappa shape index (κ1) is 29.8. The molecule has 0 bridgehead atoms. The van der Waals surface area contributed by atoms with Gasteiger partial charge in [0.25, 0.3) is 0 Å². The van der Waals surface area contributed by atoms with E-state index in [-0.39, 0.29) is 54.5 Å². The van der Waals surface area contributed by atoms with Crippen molar-refractivity contribution in [1.29, 1.82) is 0 Å². The van der Waals surface area contributed by atoms with Crippen molar-refractivity contribution in [2.75, 3.05) is 20.8 Å². The molecule has 2 saturated heterocycles. The van der Waals surface area contributed by atoms with Gasteiger partial charge in [0, 0.05) is 0 Å². The lowest BCUT2D eigenvalue weighted by Gasteiger charge is -2.37. The number of hydrogen-bond acceptors (Lipinski definition) is 9. The first-order valence-corrected chi connectivity index (χ1v) is 14.0. The van der Waals surface area contributed by atoms with Gasteiger partial charge in [-0.15, -0.1) is 0 Å². The van der Waals surface area contributed by atoms with Gasteiger partial charge in [-0.2, -0.15) is 0 Å². The zero-order valence-electron chi connectivity index (χ0n) is 23.2. The van der Waals surface area contributed by atoms with Crippen LogP contribution < -0.4 is 5.73 Å². The highest BCUT2D eigenvalue weighted by atomic mass is 16.5. The summed E-state index contributed by atoms with van der Waals surface area (Å²) in [6.45, 7) is 6.22. The number of nitrogens with two attached hydrogens (primary N) is 1. The number of hydrogen-bond donors (Lipinski definition) is 1. The van der Waals surface area contributed by atoms with Gasteiger partial charge in [0.05, 0.1) is 57.6 Å². The van der Waals surface area contributed by atoms with Crippen LogP contribution in [0.15, 0.2) is 0 Å². The maximum Gasteiger partial charge on any atom is 0.322 e. The Morgan fingerprint density at radius 3 is 1.78 bits per heavy atom. The van der Waals surface area contributed by atoms with E-state index in [1.54, 1.807) is 6.92 Å². The van der Waals surface area contributed by atoms with Crippen LogP contribution in [0.5, 0.6) is 0 Å². The Balaban J connectivity index is 0.000000213. The summed E-state index contributed by atoms with van der Waals surface area (Å²) in [5, 5.41) is 0. The fourth-order valence-electron chi connectivity index (χ4n) is 5.91. The fourth-order valence-corrected chi connectivity index (χ4v) is 5.91. The third-order valence-corrected chi connectivity index (χ3v) is 8.20. The molecule has 2 saturated carbocycles. The Morgan fingerprint density at radius 1 is 0.811 bits per heavy atom. The summed E-state index contributed by atoms with van der Waals surface area (Å²) < 4.78 is 26.5. The average molecular weight is 526 g/mol. The SMILES string of the molecule is CCOC(=O)[C@@H](CC(=O)OC)[C@H]1C[C@@H](C)O[C@H](C2CC2)C1.COC(=O)[C@@H](N)[C@H]1C[C@@H](C)O[C@H](C2CC2)C1. The minimum absolute atomic E-state index is 0.101. The predicted molar refractivity (Wildman–Crippen MR) is 136 cm³/mol. The molecule has 0 spiro atoms. The lowest BCUT2D eigenvalue weighted by molar-refractivity contribution is -0.160. The molecule has 0 amide bonds. The van der Waals surface area contributed by atoms with Gasteiger partial charge < -0.3 is 29.4 Å². The van der Waals surface area contributed by atoms with Gasteiger partial charge in [-0.25, -0.2) is 0 Å². The molecule has 0 unspecified atom stereocenters. The van der Waals surface area contributed by atoms with Crippen molar-refractivity contribution in [2.45, 2.75) is 109 Å². The van der Waals surface area contributed by atoms with Crippen LogP contribution in [0.3, 0.4) is 0 Å². The second-order valence-corrected chi connectivity index (χ2v) is 11.3. The van der Waals surface area contributed by atoms with Crippen molar-refractivity contribution in [3.8, 4) is 0 Å². The van der Waals surface area contributed by atoms with Gasteiger partial charge in [0.15, 0.2) is 0 Å². The summed E-state index contributed by atoms with van der Waals surface area (Å²) in [4.78, 5) is 35.3. The minimum atomic E-state index is -0.488. The topological polar surface area (TPSA) is 123 Å². The van der Waals surface area contributed by atoms with Crippen LogP contribution in [-0.4, -0.2) is 69.2 Å². The summed E-state index contributed by atoms with van der Waals surface area (Å²) in [5.74, 6) is 0.344. The monoisotopic (exact) mass is 525 g/mol. The molecule has 0 radical (unpaired) electrons. The average Bonchev–Trinajstić information content (AvgIpc) is 3.78. The lowest BCUT2D eigenvalue weighted by Crippen LogP contribution is -2.45. The van der Waals surface area contributed by atoms with E-state index in [1.165, 1.54) is 39.9 Å². The van der Waals surface area contributed by atoms with Gasteiger partial charge in [0.2, 0.25) is 0 Å². The summed E-state index contributed by atoms with van der Waals surface area (Å²) in [7, 11) is 2.74. The molecule has 2 aliphatic heterocycles. The maximum atomic E-state index is 12.2. The van der Waals surface area contributed by atoms with E-state index < -0.39 is 12.0 Å². The standard InChI is InChI=1S/C16H26O5.C12H21NO3/c1-4-20-16(18)13(9-15(17)19-3)12-7-10(2)21-14(8-12)11-5-6-11;1-7-5-9(11(13)12(14)15-2)6-10(16-7)8-3-4-8/h10-14H,4-9H2,1-3H3;7-11H,3-6,13H2,1-2H3/t10-,12+,13+,14+;7-,9+,10+,11+/m11/s1. The second kappa shape index (κ2) is 13.9. The van der Waals surface area contributed by atoms with Gasteiger partial charge in [-0.3, -0.25) is 14.4 Å². The molecule has 212 valence electrons. The highest BCUT2D eigenvalue weighted by molar-refractivity contribution is 5.80. The number of carbonyl (C=O) groups excluding carboxylic acids is 3. The lowest BCUT2D eigenvalue weighted by atomic mass is 9.79. The Hall–Kier alpha value is -1.71. The molecule has 4 fully saturated rings. The van der Waals surface area contributed by atoms with Crippen molar-refractivity contribution < 1.29 is 38.1 Å². The number of esters is 3. The van der Waals surface area contributed by atoms with E-state index in [4.69, 9.17) is 29.4 Å². The van der Waals surface area contributed by atoms with Crippen molar-refractivity contribution in [3.05, 3.63) is 0 Å². The largest absolute Gasteiger partial charge is 0.469 e. The van der Waals surface area contributed by atoms with Crippen molar-refractivity contribution in [2.24, 2.45) is 35.3 Å². The molecule has 0 aromatic carbocycles. The van der Waals surface area contributed by atoms with Crippen molar-refractivity contribution >= 4 is 17.9 Å². The van der Waals surface area contributed by atoms with Crippen LogP contribution in [0.2, 0.25) is 0 Å². The number of rotatable bonds is 9. The summed E-state index contributed by atoms with van der Waals surface area (Å²) in [6.07, 6.45) is 9.33. The van der Waals surface area contributed by atoms with Gasteiger partial charge in [0.1, 0.15) is 6.04 Å². The molecule has 8 atom stereocenters. The third-order valence-electron chi connectivity index (χ3n) is 8.20. The first-order chi connectivity index (χ1) is 17.7. The number of methoxy groups -OCH3 is 2. The van der Waals surface area contributed by atoms with Gasteiger partial charge >= 0.3 is 17.9 Å². The van der Waals surface area contributed by atoms with Gasteiger partial charge in [-0.1, -0.05) is 0 Å². The molecule has 9 nitrogen and oxygen atoms in total. The van der Waals surface area contributed by atoms with Crippen LogP contribution in [0.1, 0.15) is 78.6 Å². The summed E-state index contributed by atoms with van der Waals surface area (Å²) in [5.41, 5.74) is 5.92. The first-order valence-electron chi connectivity index (χ1n) is 14.0. The molecule has 4 aliphatic rings. The molecular formula is C28H47NO8. The molecule has 4 rings (SSSR count). The molecule has 37 heavy (non-hydrogen) atoms. The maximum absolute atomic E-state index is 12.2. The van der Waals surface area contributed by atoms with Crippen molar-refractivity contribution in [1.82, 2.24) is 0 Å². The molecule has 9 heteroatoms. The van der Waals surface area contributed by atoms with Crippen LogP contribution in [0, 0.1) is 29.6 Å². The van der Waals surface area contributed by atoms with E-state index in [2.05, 4.69) is 6.92 Å². The summed E-state index contributed by atoms with van der Waals surface area (Å²) >= 11 is 0. The Morgan fingerprint density at radius 2 is 1.32 bits per heavy atom. The van der Waals surface area contributed by atoms with Gasteiger partial charge in [-0.05, 0) is 95.8 Å². The minimum Gasteiger partial charge on any atom is -0.469 e. The van der Waals surface area contributed by atoms with E-state index in [9.17, 15) is 14.4 Å². The third kappa shape index (κ3) is 8.93. The van der Waals surface area contributed by atoms with Crippen LogP contribution in [-0.2, 0) is 38.1 Å². The summed E-state index contributed by atoms with van der Waals surface area (Å²) in [6, 6.07) is -0.488. The number of ether oxygens (including phenoxy) is 5. The molecule has 2 aliphatic carbocycles. The highest BCUT2D eigenvalue weighted by Gasteiger charge is 2.43. The smallest absolute Gasteiger partial charge is 0.322 e. The zero-order chi connectivity index (χ0) is 27.1. The van der Waals surface area contributed by atoms with Crippen LogP contribution >= 0.6 is 0 Å². The molecule has 0 aromatic heterocycles. The van der Waals surface area contributed by atoms with E-state index >= 15 is 0 Å². The normalized spacial score (nSPS) is 33.2. The molecule has 2 heterocycles. The zero-order valence-corrected chi connectivity index (χ0v) is 23.2. The quantitative estimate of drug-likeness (QED) is 0.356. The molecule has 2 N–H and O–H groups in total. The second-order valence-electron chi connectivity index (χ2n) is 11.3. The Kier molecular flexibility index (Phi) is 11.2.